The van der Waals surface area contributed by atoms with Crippen molar-refractivity contribution in [3.63, 3.8) is 0 Å². The number of halogens is 3. The van der Waals surface area contributed by atoms with Crippen molar-refractivity contribution in [3.8, 4) is 0 Å². The Balaban J connectivity index is 1.34. The van der Waals surface area contributed by atoms with E-state index in [1.165, 1.54) is 4.90 Å². The summed E-state index contributed by atoms with van der Waals surface area (Å²) in [7, 11) is 0. The molecule has 6 nitrogen and oxygen atoms in total. The van der Waals surface area contributed by atoms with Gasteiger partial charge in [0.25, 0.3) is 0 Å². The van der Waals surface area contributed by atoms with E-state index in [1.807, 2.05) is 4.90 Å². The van der Waals surface area contributed by atoms with Gasteiger partial charge in [-0.3, -0.25) is 9.69 Å². The van der Waals surface area contributed by atoms with Gasteiger partial charge in [-0.25, -0.2) is 4.79 Å². The van der Waals surface area contributed by atoms with Crippen LogP contribution in [0.15, 0.2) is 0 Å². The topological polar surface area (TPSA) is 64.7 Å². The van der Waals surface area contributed by atoms with Gasteiger partial charge in [0.1, 0.15) is 0 Å². The van der Waals surface area contributed by atoms with Crippen molar-refractivity contribution in [1.82, 2.24) is 20.4 Å². The molecule has 2 aliphatic heterocycles. The Morgan fingerprint density at radius 3 is 2.62 bits per heavy atom. The van der Waals surface area contributed by atoms with Crippen LogP contribution in [0.25, 0.3) is 0 Å². The molecule has 3 fully saturated rings. The third-order valence-electron chi connectivity index (χ3n) is 4.81. The molecule has 0 bridgehead atoms. The molecular weight excluding hydrogens is 325 g/mol. The molecule has 3 rings (SSSR count). The van der Waals surface area contributed by atoms with E-state index < -0.39 is 12.7 Å². The molecule has 136 valence electrons. The summed E-state index contributed by atoms with van der Waals surface area (Å²) < 4.78 is 37.0. The number of rotatable bonds is 5. The highest BCUT2D eigenvalue weighted by molar-refractivity contribution is 5.82. The van der Waals surface area contributed by atoms with Crippen LogP contribution in [0.4, 0.5) is 18.0 Å². The fourth-order valence-electron chi connectivity index (χ4n) is 3.52. The van der Waals surface area contributed by atoms with Crippen molar-refractivity contribution >= 4 is 11.9 Å². The lowest BCUT2D eigenvalue weighted by molar-refractivity contribution is -0.143. The Morgan fingerprint density at radius 1 is 1.21 bits per heavy atom. The predicted molar refractivity (Wildman–Crippen MR) is 80.3 cm³/mol. The Morgan fingerprint density at radius 2 is 1.96 bits per heavy atom. The first-order chi connectivity index (χ1) is 11.3. The average molecular weight is 348 g/mol. The molecule has 2 atom stereocenters. The Hall–Kier alpha value is -1.51. The van der Waals surface area contributed by atoms with Crippen molar-refractivity contribution < 1.29 is 22.8 Å². The lowest BCUT2D eigenvalue weighted by Gasteiger charge is -2.19. The van der Waals surface area contributed by atoms with Crippen molar-refractivity contribution in [2.24, 2.45) is 5.92 Å². The van der Waals surface area contributed by atoms with Crippen molar-refractivity contribution in [2.45, 2.75) is 43.9 Å². The zero-order valence-electron chi connectivity index (χ0n) is 13.4. The third-order valence-corrected chi connectivity index (χ3v) is 4.81. The summed E-state index contributed by atoms with van der Waals surface area (Å²) in [4.78, 5) is 26.9. The first kappa shape index (κ1) is 17.3. The first-order valence-electron chi connectivity index (χ1n) is 8.43. The lowest BCUT2D eigenvalue weighted by Crippen LogP contribution is -2.45. The maximum atomic E-state index is 12.3. The molecule has 1 aliphatic carbocycles. The molecule has 0 spiro atoms. The summed E-state index contributed by atoms with van der Waals surface area (Å²) >= 11 is 0. The minimum absolute atomic E-state index is 0.0336. The molecule has 24 heavy (non-hydrogen) atoms. The molecule has 0 unspecified atom stereocenters. The van der Waals surface area contributed by atoms with Crippen LogP contribution in [-0.2, 0) is 4.79 Å². The number of amides is 3. The Labute approximate surface area is 138 Å². The predicted octanol–water partition coefficient (Wildman–Crippen LogP) is 0.933. The van der Waals surface area contributed by atoms with Gasteiger partial charge in [0.2, 0.25) is 5.91 Å². The molecular formula is C15H23F3N4O2. The van der Waals surface area contributed by atoms with Crippen LogP contribution in [0.1, 0.15) is 25.7 Å². The molecule has 9 heteroatoms. The second-order valence-corrected chi connectivity index (χ2v) is 7.04. The maximum absolute atomic E-state index is 12.3. The zero-order valence-corrected chi connectivity index (χ0v) is 13.4. The molecule has 1 saturated carbocycles. The summed E-state index contributed by atoms with van der Waals surface area (Å²) in [5, 5.41) is 5.51. The van der Waals surface area contributed by atoms with Crippen LogP contribution in [-0.4, -0.2) is 72.7 Å². The lowest BCUT2D eigenvalue weighted by atomic mass is 10.1. The van der Waals surface area contributed by atoms with Gasteiger partial charge in [-0.2, -0.15) is 13.2 Å². The highest BCUT2D eigenvalue weighted by Crippen LogP contribution is 2.30. The Bertz CT molecular complexity index is 496. The first-order valence-corrected chi connectivity index (χ1v) is 8.43. The summed E-state index contributed by atoms with van der Waals surface area (Å²) in [6.07, 6.45) is -1.12. The number of alkyl halides is 3. The maximum Gasteiger partial charge on any atom is 0.401 e. The number of hydrogen-bond donors (Lipinski definition) is 2. The molecule has 0 aromatic rings. The third kappa shape index (κ3) is 4.75. The molecule has 3 amide bonds. The highest BCUT2D eigenvalue weighted by atomic mass is 19.4. The second kappa shape index (κ2) is 6.78. The standard InChI is InChI=1S/C15H23F3N4O2/c16-15(17,18)9-21-4-3-10(7-21)6-19-14(24)20-11-5-13(23)22(8-11)12-1-2-12/h10-12H,1-9H2,(H2,19,20,24)/t10-,11+/m1/s1. The van der Waals surface area contributed by atoms with Crippen LogP contribution in [0.2, 0.25) is 0 Å². The number of likely N-dealkylation sites (tertiary alicyclic amines) is 2. The molecule has 2 N–H and O–H groups in total. The monoisotopic (exact) mass is 348 g/mol. The molecule has 2 saturated heterocycles. The quantitative estimate of drug-likeness (QED) is 0.777. The summed E-state index contributed by atoms with van der Waals surface area (Å²) in [5.41, 5.74) is 0. The van der Waals surface area contributed by atoms with E-state index >= 15 is 0 Å². The van der Waals surface area contributed by atoms with Gasteiger partial charge in [-0.1, -0.05) is 0 Å². The summed E-state index contributed by atoms with van der Waals surface area (Å²) in [5.74, 6) is 0.118. The van der Waals surface area contributed by atoms with E-state index in [1.54, 1.807) is 0 Å². The van der Waals surface area contributed by atoms with Gasteiger partial charge < -0.3 is 15.5 Å². The average Bonchev–Trinajstić information content (AvgIpc) is 3.12. The number of nitrogens with zero attached hydrogens (tertiary/aromatic N) is 2. The molecule has 0 radical (unpaired) electrons. The molecule has 0 aromatic carbocycles. The van der Waals surface area contributed by atoms with Crippen molar-refractivity contribution in [1.29, 1.82) is 0 Å². The highest BCUT2D eigenvalue weighted by Gasteiger charge is 2.40. The minimum atomic E-state index is -4.18. The van der Waals surface area contributed by atoms with Crippen molar-refractivity contribution in [3.05, 3.63) is 0 Å². The van der Waals surface area contributed by atoms with Crippen LogP contribution < -0.4 is 10.6 Å². The van der Waals surface area contributed by atoms with E-state index in [-0.39, 0.29) is 23.9 Å². The van der Waals surface area contributed by atoms with Crippen LogP contribution >= 0.6 is 0 Å². The van der Waals surface area contributed by atoms with Crippen LogP contribution in [0.5, 0.6) is 0 Å². The molecule has 0 aromatic heterocycles. The molecule has 2 heterocycles. The summed E-state index contributed by atoms with van der Waals surface area (Å²) in [6, 6.07) is -0.173. The van der Waals surface area contributed by atoms with Crippen LogP contribution in [0.3, 0.4) is 0 Å². The second-order valence-electron chi connectivity index (χ2n) is 7.04. The van der Waals surface area contributed by atoms with E-state index in [9.17, 15) is 22.8 Å². The minimum Gasteiger partial charge on any atom is -0.338 e. The fourth-order valence-corrected chi connectivity index (χ4v) is 3.52. The largest absolute Gasteiger partial charge is 0.401 e. The zero-order chi connectivity index (χ0) is 17.3. The van der Waals surface area contributed by atoms with Gasteiger partial charge in [0.15, 0.2) is 0 Å². The van der Waals surface area contributed by atoms with E-state index in [2.05, 4.69) is 10.6 Å². The van der Waals surface area contributed by atoms with Crippen LogP contribution in [0, 0.1) is 5.92 Å². The van der Waals surface area contributed by atoms with Gasteiger partial charge >= 0.3 is 12.2 Å². The van der Waals surface area contributed by atoms with E-state index in [0.29, 0.717) is 45.1 Å². The van der Waals surface area contributed by atoms with E-state index in [0.717, 1.165) is 12.8 Å². The normalized spacial score (nSPS) is 28.5. The number of nitrogens with one attached hydrogen (secondary N) is 2. The fraction of sp³-hybridized carbons (Fsp3) is 0.867. The SMILES string of the molecule is O=C(NC[C@H]1CCN(CC(F)(F)F)C1)N[C@H]1CC(=O)N(C2CC2)C1. The number of carbonyl (C=O) groups is 2. The van der Waals surface area contributed by atoms with Gasteiger partial charge in [-0.05, 0) is 31.7 Å². The summed E-state index contributed by atoms with van der Waals surface area (Å²) in [6.45, 7) is 0.766. The van der Waals surface area contributed by atoms with E-state index in [4.69, 9.17) is 0 Å². The van der Waals surface area contributed by atoms with Gasteiger partial charge in [0, 0.05) is 32.1 Å². The smallest absolute Gasteiger partial charge is 0.338 e. The molecule has 3 aliphatic rings. The van der Waals surface area contributed by atoms with Gasteiger partial charge in [0.05, 0.1) is 12.6 Å². The number of carbonyl (C=O) groups excluding carboxylic acids is 2. The number of urea groups is 1. The number of hydrogen-bond acceptors (Lipinski definition) is 3. The van der Waals surface area contributed by atoms with Crippen molar-refractivity contribution in [2.75, 3.05) is 32.7 Å². The van der Waals surface area contributed by atoms with Gasteiger partial charge in [-0.15, -0.1) is 0 Å². The Kier molecular flexibility index (Phi) is 4.89.